The highest BCUT2D eigenvalue weighted by Crippen LogP contribution is 2.52. The van der Waals surface area contributed by atoms with Gasteiger partial charge in [-0.1, -0.05) is 48.5 Å². The number of likely N-dealkylation sites (tertiary alicyclic amines) is 1. The first-order valence-electron chi connectivity index (χ1n) is 9.20. The fourth-order valence-corrected chi connectivity index (χ4v) is 4.84. The van der Waals surface area contributed by atoms with Crippen molar-refractivity contribution in [3.8, 4) is 5.75 Å². The largest absolute Gasteiger partial charge is 0.488 e. The van der Waals surface area contributed by atoms with Crippen molar-refractivity contribution in [3.63, 3.8) is 0 Å². The van der Waals surface area contributed by atoms with Crippen LogP contribution in [0.4, 0.5) is 5.69 Å². The Bertz CT molecular complexity index is 1010. The summed E-state index contributed by atoms with van der Waals surface area (Å²) in [6.07, 6.45) is 1.61. The van der Waals surface area contributed by atoms with Gasteiger partial charge < -0.3 is 10.1 Å². The Morgan fingerprint density at radius 1 is 1.41 bits per heavy atom. The molecule has 1 N–H and O–H groups in total. The van der Waals surface area contributed by atoms with E-state index in [4.69, 9.17) is 16.3 Å². The number of carbonyl (C=O) groups is 1. The molecule has 3 atom stereocenters. The number of rotatable bonds is 5. The number of carbonyl (C=O) groups excluding carboxylic acids is 1. The molecule has 2 heterocycles. The molecule has 7 nitrogen and oxygen atoms in total. The highest BCUT2D eigenvalue weighted by atomic mass is 35.5. The topological polar surface area (TPSA) is 84.7 Å². The number of anilines is 1. The van der Waals surface area contributed by atoms with Crippen LogP contribution in [0.5, 0.6) is 5.75 Å². The lowest BCUT2D eigenvalue weighted by molar-refractivity contribution is -0.534. The summed E-state index contributed by atoms with van der Waals surface area (Å²) in [5, 5.41) is 15.5. The molecule has 29 heavy (non-hydrogen) atoms. The summed E-state index contributed by atoms with van der Waals surface area (Å²) in [5.74, 6) is -0.404. The molecular formula is C21H20ClN3O4. The molecule has 150 valence electrons. The number of fused-ring (bicyclic) bond motifs is 2. The van der Waals surface area contributed by atoms with E-state index in [1.54, 1.807) is 60.5 Å². The number of benzene rings is 2. The van der Waals surface area contributed by atoms with Crippen LogP contribution in [-0.4, -0.2) is 42.0 Å². The van der Waals surface area contributed by atoms with Crippen molar-refractivity contribution < 1.29 is 14.5 Å². The van der Waals surface area contributed by atoms with Gasteiger partial charge in [-0.05, 0) is 30.8 Å². The van der Waals surface area contributed by atoms with Crippen LogP contribution >= 0.6 is 11.6 Å². The molecule has 1 spiro atoms. The second-order valence-electron chi connectivity index (χ2n) is 7.27. The minimum Gasteiger partial charge on any atom is -0.488 e. The van der Waals surface area contributed by atoms with Crippen LogP contribution in [0.15, 0.2) is 55.1 Å². The summed E-state index contributed by atoms with van der Waals surface area (Å²) >= 11 is 6.35. The standard InChI is InChI=1S/C21H20ClN3O4/c1-3-10-29-18-9-8-13(11-16(18)22)14-12-24(2)21(19(14)25(27)28)15-6-4-5-7-17(15)23-20(21)26/h3-9,11,14,19H,1,10,12H2,2H3,(H,23,26)/t14-,19+,21-/m0/s1. The fourth-order valence-electron chi connectivity index (χ4n) is 4.59. The van der Waals surface area contributed by atoms with Crippen LogP contribution in [0.2, 0.25) is 5.02 Å². The number of hydrogen-bond donors (Lipinski definition) is 1. The third kappa shape index (κ3) is 2.81. The number of nitro groups is 1. The zero-order valence-corrected chi connectivity index (χ0v) is 16.6. The minimum absolute atomic E-state index is 0.308. The molecule has 1 amide bonds. The van der Waals surface area contributed by atoms with E-state index in [1.165, 1.54) is 0 Å². The first-order valence-corrected chi connectivity index (χ1v) is 9.58. The maximum Gasteiger partial charge on any atom is 0.256 e. The molecular weight excluding hydrogens is 394 g/mol. The van der Waals surface area contributed by atoms with Gasteiger partial charge in [0.05, 0.1) is 10.9 Å². The van der Waals surface area contributed by atoms with Gasteiger partial charge in [0, 0.05) is 22.7 Å². The molecule has 0 aromatic heterocycles. The second kappa shape index (κ2) is 7.17. The molecule has 1 fully saturated rings. The molecule has 0 aliphatic carbocycles. The number of ether oxygens (including phenoxy) is 1. The van der Waals surface area contributed by atoms with Crippen LogP contribution in [0, 0.1) is 10.1 Å². The van der Waals surface area contributed by atoms with Crippen LogP contribution in [0.25, 0.3) is 0 Å². The van der Waals surface area contributed by atoms with Gasteiger partial charge in [0.2, 0.25) is 0 Å². The molecule has 8 heteroatoms. The van der Waals surface area contributed by atoms with E-state index in [2.05, 4.69) is 11.9 Å². The first kappa shape index (κ1) is 19.4. The van der Waals surface area contributed by atoms with Gasteiger partial charge in [0.25, 0.3) is 11.9 Å². The van der Waals surface area contributed by atoms with E-state index in [9.17, 15) is 14.9 Å². The lowest BCUT2D eigenvalue weighted by Crippen LogP contribution is -2.54. The highest BCUT2D eigenvalue weighted by molar-refractivity contribution is 6.32. The lowest BCUT2D eigenvalue weighted by atomic mass is 9.79. The van der Waals surface area contributed by atoms with E-state index >= 15 is 0 Å². The number of amides is 1. The molecule has 0 bridgehead atoms. The van der Waals surface area contributed by atoms with Gasteiger partial charge in [-0.25, -0.2) is 0 Å². The smallest absolute Gasteiger partial charge is 0.256 e. The summed E-state index contributed by atoms with van der Waals surface area (Å²) in [7, 11) is 1.75. The number of halogens is 1. The Hall–Kier alpha value is -2.90. The zero-order chi connectivity index (χ0) is 20.8. The maximum absolute atomic E-state index is 13.1. The summed E-state index contributed by atoms with van der Waals surface area (Å²) in [6, 6.07) is 11.1. The highest BCUT2D eigenvalue weighted by Gasteiger charge is 2.68. The Kier molecular flexibility index (Phi) is 4.80. The van der Waals surface area contributed by atoms with Crippen molar-refractivity contribution in [1.82, 2.24) is 4.90 Å². The van der Waals surface area contributed by atoms with E-state index in [-0.39, 0.29) is 10.8 Å². The molecule has 4 rings (SSSR count). The first-order chi connectivity index (χ1) is 13.9. The van der Waals surface area contributed by atoms with Gasteiger partial charge in [0.15, 0.2) is 5.54 Å². The van der Waals surface area contributed by atoms with Gasteiger partial charge in [-0.2, -0.15) is 0 Å². The number of nitrogens with one attached hydrogen (secondary N) is 1. The summed E-state index contributed by atoms with van der Waals surface area (Å²) in [5.41, 5.74) is 0.579. The van der Waals surface area contributed by atoms with Crippen molar-refractivity contribution in [2.24, 2.45) is 0 Å². The van der Waals surface area contributed by atoms with Crippen LogP contribution in [0.3, 0.4) is 0 Å². The van der Waals surface area contributed by atoms with Crippen molar-refractivity contribution in [3.05, 3.63) is 81.4 Å². The van der Waals surface area contributed by atoms with E-state index in [1.807, 2.05) is 0 Å². The maximum atomic E-state index is 13.1. The van der Waals surface area contributed by atoms with Crippen molar-refractivity contribution in [1.29, 1.82) is 0 Å². The predicted octanol–water partition coefficient (Wildman–Crippen LogP) is 3.43. The van der Waals surface area contributed by atoms with Crippen molar-refractivity contribution in [2.45, 2.75) is 17.5 Å². The number of nitrogens with zero attached hydrogens (tertiary/aromatic N) is 2. The van der Waals surface area contributed by atoms with Gasteiger partial charge in [-0.15, -0.1) is 0 Å². The number of hydrogen-bond acceptors (Lipinski definition) is 5. The average molecular weight is 414 g/mol. The van der Waals surface area contributed by atoms with Crippen LogP contribution in [-0.2, 0) is 10.3 Å². The summed E-state index contributed by atoms with van der Waals surface area (Å²) in [4.78, 5) is 26.8. The Morgan fingerprint density at radius 2 is 2.17 bits per heavy atom. The molecule has 0 radical (unpaired) electrons. The van der Waals surface area contributed by atoms with Crippen molar-refractivity contribution in [2.75, 3.05) is 25.5 Å². The fraction of sp³-hybridized carbons (Fsp3) is 0.286. The minimum atomic E-state index is -1.37. The average Bonchev–Trinajstić information content (AvgIpc) is 3.17. The number of likely N-dealkylation sites (N-methyl/N-ethyl adjacent to an activating group) is 1. The van der Waals surface area contributed by atoms with Crippen molar-refractivity contribution >= 4 is 23.2 Å². The lowest BCUT2D eigenvalue weighted by Gasteiger charge is -2.30. The Balaban J connectivity index is 1.80. The van der Waals surface area contributed by atoms with Crippen LogP contribution < -0.4 is 10.1 Å². The monoisotopic (exact) mass is 413 g/mol. The molecule has 2 aliphatic rings. The predicted molar refractivity (Wildman–Crippen MR) is 110 cm³/mol. The molecule has 2 aromatic carbocycles. The third-order valence-electron chi connectivity index (χ3n) is 5.78. The van der Waals surface area contributed by atoms with E-state index < -0.39 is 17.5 Å². The molecule has 2 aliphatic heterocycles. The molecule has 0 unspecified atom stereocenters. The Labute approximate surface area is 173 Å². The van der Waals surface area contributed by atoms with Gasteiger partial charge in [0.1, 0.15) is 12.4 Å². The normalized spacial score (nSPS) is 25.7. The van der Waals surface area contributed by atoms with E-state index in [0.717, 1.165) is 0 Å². The SMILES string of the molecule is C=CCOc1ccc([C@@H]2CN(C)[C@]3(C(=O)Nc4ccccc43)[C@@H]2[N+](=O)[O-])cc1Cl. The van der Waals surface area contributed by atoms with Gasteiger partial charge in [-0.3, -0.25) is 19.8 Å². The molecule has 1 saturated heterocycles. The van der Waals surface area contributed by atoms with Gasteiger partial charge >= 0.3 is 0 Å². The molecule has 0 saturated carbocycles. The zero-order valence-electron chi connectivity index (χ0n) is 15.8. The number of para-hydroxylation sites is 1. The quantitative estimate of drug-likeness (QED) is 0.461. The van der Waals surface area contributed by atoms with Crippen LogP contribution in [0.1, 0.15) is 17.0 Å². The Morgan fingerprint density at radius 3 is 2.86 bits per heavy atom. The third-order valence-corrected chi connectivity index (χ3v) is 6.08. The molecule has 2 aromatic rings. The summed E-state index contributed by atoms with van der Waals surface area (Å²) < 4.78 is 5.50. The second-order valence-corrected chi connectivity index (χ2v) is 7.68. The summed E-state index contributed by atoms with van der Waals surface area (Å²) in [6.45, 7) is 4.26. The van der Waals surface area contributed by atoms with E-state index in [0.29, 0.717) is 40.7 Å².